The Hall–Kier alpha value is -2.65. The van der Waals surface area contributed by atoms with Crippen LogP contribution in [0.4, 0.5) is 28.2 Å². The number of hydrogen-bond donors (Lipinski definition) is 2. The molecule has 3 rings (SSSR count). The number of esters is 1. The maximum absolute atomic E-state index is 13.2. The molecule has 1 aromatic heterocycles. The molecule has 160 valence electrons. The van der Waals surface area contributed by atoms with Gasteiger partial charge in [-0.05, 0) is 17.7 Å². The average Bonchev–Trinajstić information content (AvgIpc) is 3.16. The van der Waals surface area contributed by atoms with Gasteiger partial charge in [-0.1, -0.05) is 0 Å². The molecule has 2 fully saturated rings. The van der Waals surface area contributed by atoms with E-state index in [-0.39, 0.29) is 5.82 Å². The Kier molecular flexibility index (Phi) is 5.31. The van der Waals surface area contributed by atoms with E-state index in [0.717, 1.165) is 16.8 Å². The predicted octanol–water partition coefficient (Wildman–Crippen LogP) is 0.856. The first-order valence-corrected chi connectivity index (χ1v) is 7.97. The molecule has 4 atom stereocenters. The summed E-state index contributed by atoms with van der Waals surface area (Å²) in [5, 5.41) is 3.54. The van der Waals surface area contributed by atoms with E-state index < -0.39 is 60.3 Å². The van der Waals surface area contributed by atoms with Crippen molar-refractivity contribution >= 4 is 29.5 Å². The maximum Gasteiger partial charge on any atom is 0.509 e. The summed E-state index contributed by atoms with van der Waals surface area (Å²) in [6.07, 6.45) is -5.49. The Morgan fingerprint density at radius 2 is 1.97 bits per heavy atom. The Bertz CT molecular complexity index is 878. The fourth-order valence-electron chi connectivity index (χ4n) is 2.62. The van der Waals surface area contributed by atoms with E-state index in [1.165, 1.54) is 0 Å². The van der Waals surface area contributed by atoms with Crippen LogP contribution in [0.2, 0.25) is 0 Å². The van der Waals surface area contributed by atoms with Gasteiger partial charge < -0.3 is 18.9 Å². The highest BCUT2D eigenvalue weighted by atomic mass is 35.5. The summed E-state index contributed by atoms with van der Waals surface area (Å²) in [6, 6.07) is 1.15. The number of nitrogens with zero attached hydrogens (tertiary/aromatic N) is 2. The van der Waals surface area contributed by atoms with Gasteiger partial charge in [-0.15, -0.1) is 0 Å². The van der Waals surface area contributed by atoms with Gasteiger partial charge in [0.2, 0.25) is 0 Å². The smallest absolute Gasteiger partial charge is 0.458 e. The van der Waals surface area contributed by atoms with Gasteiger partial charge in [0.25, 0.3) is 0 Å². The van der Waals surface area contributed by atoms with Crippen LogP contribution in [0.3, 0.4) is 0 Å². The largest absolute Gasteiger partial charge is 0.509 e. The van der Waals surface area contributed by atoms with E-state index in [0.29, 0.717) is 0 Å². The van der Waals surface area contributed by atoms with Crippen molar-refractivity contribution in [2.75, 3.05) is 12.1 Å². The summed E-state index contributed by atoms with van der Waals surface area (Å²) < 4.78 is 71.7. The van der Waals surface area contributed by atoms with Gasteiger partial charge in [0.05, 0.1) is 0 Å². The number of aromatic nitrogens is 2. The van der Waals surface area contributed by atoms with Crippen LogP contribution in [0.25, 0.3) is 0 Å². The highest BCUT2D eigenvalue weighted by Crippen LogP contribution is 2.40. The maximum atomic E-state index is 13.2. The average molecular weight is 448 g/mol. The van der Waals surface area contributed by atoms with Crippen molar-refractivity contribution in [3.05, 3.63) is 22.7 Å². The molecule has 16 heteroatoms. The molecule has 3 heterocycles. The lowest BCUT2D eigenvalue weighted by atomic mass is 10.1. The Morgan fingerprint density at radius 3 is 2.55 bits per heavy atom. The third kappa shape index (κ3) is 3.79. The zero-order chi connectivity index (χ0) is 21.6. The quantitative estimate of drug-likeness (QED) is 0.279. The summed E-state index contributed by atoms with van der Waals surface area (Å²) >= 11 is 4.20. The second-order valence-corrected chi connectivity index (χ2v) is 6.24. The number of ether oxygens (including phenoxy) is 4. The number of anilines is 1. The van der Waals surface area contributed by atoms with Crippen LogP contribution in [0, 0.1) is 0 Å². The van der Waals surface area contributed by atoms with Crippen LogP contribution in [0.1, 0.15) is 6.23 Å². The molecule has 2 aliphatic rings. The minimum Gasteiger partial charge on any atom is -0.458 e. The number of halogens is 5. The van der Waals surface area contributed by atoms with Crippen molar-refractivity contribution in [1.29, 1.82) is 0 Å². The van der Waals surface area contributed by atoms with Crippen molar-refractivity contribution < 1.29 is 51.3 Å². The molecule has 0 radical (unpaired) electrons. The molecule has 2 N–H and O–H groups in total. The topological polar surface area (TPSA) is 138 Å². The Labute approximate surface area is 162 Å². The Morgan fingerprint density at radius 1 is 1.31 bits per heavy atom. The van der Waals surface area contributed by atoms with Crippen LogP contribution < -0.4 is 11.2 Å². The molecular formula is C13H10ClF4N3O8. The van der Waals surface area contributed by atoms with Crippen molar-refractivity contribution in [3.63, 3.8) is 0 Å². The van der Waals surface area contributed by atoms with Crippen molar-refractivity contribution in [2.24, 2.45) is 0 Å². The second kappa shape index (κ2) is 7.31. The summed E-state index contributed by atoms with van der Waals surface area (Å²) in [4.78, 5) is 38.1. The number of rotatable bonds is 6. The lowest BCUT2D eigenvalue weighted by Crippen LogP contribution is -2.45. The van der Waals surface area contributed by atoms with Gasteiger partial charge >= 0.3 is 29.1 Å². The molecule has 0 aliphatic carbocycles. The summed E-state index contributed by atoms with van der Waals surface area (Å²) in [6.45, 7) is -1.05. The fraction of sp³-hybridized carbons (Fsp3) is 0.538. The highest BCUT2D eigenvalue weighted by molar-refractivity contribution is 6.24. The number of carbonyl (C=O) groups excluding carboxylic acids is 2. The SMILES string of the molecule is O=C1O[C@@H]2[C@H](O1)[C@@H](COC(=O)C(F)(F)C(F)(F)Cl)O[C@H]2n1ccc(NO)nc1=O. The van der Waals surface area contributed by atoms with Crippen LogP contribution in [0.15, 0.2) is 17.1 Å². The van der Waals surface area contributed by atoms with Gasteiger partial charge in [0.1, 0.15) is 12.7 Å². The Balaban J connectivity index is 1.77. The lowest BCUT2D eigenvalue weighted by Gasteiger charge is -2.21. The molecule has 0 spiro atoms. The van der Waals surface area contributed by atoms with E-state index in [1.807, 2.05) is 0 Å². The molecular weight excluding hydrogens is 438 g/mol. The van der Waals surface area contributed by atoms with Crippen LogP contribution in [-0.2, 0) is 23.7 Å². The summed E-state index contributed by atoms with van der Waals surface area (Å²) in [5.74, 6) is -8.18. The zero-order valence-electron chi connectivity index (χ0n) is 13.8. The number of fused-ring (bicyclic) bond motifs is 1. The van der Waals surface area contributed by atoms with Crippen LogP contribution in [-0.4, -0.2) is 63.1 Å². The van der Waals surface area contributed by atoms with E-state index in [9.17, 15) is 31.9 Å². The third-order valence-electron chi connectivity index (χ3n) is 3.96. The second-order valence-electron chi connectivity index (χ2n) is 5.77. The number of carbonyl (C=O) groups is 2. The first kappa shape index (κ1) is 21.1. The predicted molar refractivity (Wildman–Crippen MR) is 79.7 cm³/mol. The van der Waals surface area contributed by atoms with E-state index in [2.05, 4.69) is 21.3 Å². The molecule has 11 nitrogen and oxygen atoms in total. The highest BCUT2D eigenvalue weighted by Gasteiger charge is 2.63. The van der Waals surface area contributed by atoms with E-state index in [1.54, 1.807) is 5.48 Å². The molecule has 1 aromatic rings. The standard InChI is InChI=1S/C13H10ClF4N3O8/c14-13(17,18)12(15,16)9(22)26-3-4-6-7(29-11(24)28-6)8(27-4)21-2-1-5(20-25)19-10(21)23/h1-2,4,6-8,25H,3H2,(H,19,20,23)/t4-,6-,7-,8-/m1/s1. The minimum absolute atomic E-state index is 0.213. The first-order valence-electron chi connectivity index (χ1n) is 7.59. The molecule has 2 saturated heterocycles. The normalized spacial score (nSPS) is 26.5. The number of hydrogen-bond acceptors (Lipinski definition) is 10. The number of nitrogens with one attached hydrogen (secondary N) is 1. The third-order valence-corrected chi connectivity index (χ3v) is 4.20. The van der Waals surface area contributed by atoms with E-state index in [4.69, 9.17) is 19.4 Å². The molecule has 0 unspecified atom stereocenters. The molecule has 0 amide bonds. The fourth-order valence-corrected chi connectivity index (χ4v) is 2.69. The molecule has 0 bridgehead atoms. The van der Waals surface area contributed by atoms with Crippen LogP contribution >= 0.6 is 11.6 Å². The molecule has 29 heavy (non-hydrogen) atoms. The number of alkyl halides is 5. The lowest BCUT2D eigenvalue weighted by molar-refractivity contribution is -0.207. The van der Waals surface area contributed by atoms with Gasteiger partial charge in [0, 0.05) is 6.20 Å². The molecule has 0 saturated carbocycles. The van der Waals surface area contributed by atoms with E-state index >= 15 is 0 Å². The molecule has 2 aliphatic heterocycles. The molecule has 0 aromatic carbocycles. The van der Waals surface area contributed by atoms with Crippen LogP contribution in [0.5, 0.6) is 0 Å². The van der Waals surface area contributed by atoms with Gasteiger partial charge in [-0.3, -0.25) is 15.3 Å². The first-order chi connectivity index (χ1) is 13.5. The van der Waals surface area contributed by atoms with Gasteiger partial charge in [-0.25, -0.2) is 14.4 Å². The van der Waals surface area contributed by atoms with Crippen molar-refractivity contribution in [3.8, 4) is 0 Å². The van der Waals surface area contributed by atoms with Gasteiger partial charge in [-0.2, -0.15) is 22.5 Å². The van der Waals surface area contributed by atoms with Gasteiger partial charge in [0.15, 0.2) is 24.3 Å². The van der Waals surface area contributed by atoms with Crippen molar-refractivity contribution in [1.82, 2.24) is 9.55 Å². The minimum atomic E-state index is -5.33. The summed E-state index contributed by atoms with van der Waals surface area (Å²) in [7, 11) is 0. The summed E-state index contributed by atoms with van der Waals surface area (Å²) in [5.41, 5.74) is 0.660. The monoisotopic (exact) mass is 447 g/mol. The van der Waals surface area contributed by atoms with Crippen molar-refractivity contribution in [2.45, 2.75) is 35.8 Å². The zero-order valence-corrected chi connectivity index (χ0v) is 14.5.